The van der Waals surface area contributed by atoms with Gasteiger partial charge in [0.15, 0.2) is 0 Å². The average Bonchev–Trinajstić information content (AvgIpc) is 2.37. The first kappa shape index (κ1) is 13.1. The third-order valence-electron chi connectivity index (χ3n) is 3.32. The summed E-state index contributed by atoms with van der Waals surface area (Å²) in [6.45, 7) is 5.32. The van der Waals surface area contributed by atoms with Crippen molar-refractivity contribution in [3.8, 4) is 0 Å². The Bertz CT molecular complexity index is 385. The molecule has 1 aliphatic carbocycles. The van der Waals surface area contributed by atoms with Crippen molar-refractivity contribution in [3.05, 3.63) is 11.3 Å². The van der Waals surface area contributed by atoms with E-state index in [1.807, 2.05) is 0 Å². The number of hydrazine groups is 1. The minimum Gasteiger partial charge on any atom is -0.354 e. The van der Waals surface area contributed by atoms with E-state index in [9.17, 15) is 0 Å². The molecule has 0 saturated heterocycles. The average molecular weight is 249 g/mol. The SMILES string of the molecule is CC(C)CCNc1nc2c(c(NN)n1)CCCC2. The molecule has 0 bridgehead atoms. The molecule has 1 aromatic rings. The molecule has 0 atom stereocenters. The lowest BCUT2D eigenvalue weighted by atomic mass is 9.96. The van der Waals surface area contributed by atoms with Gasteiger partial charge < -0.3 is 10.7 Å². The molecule has 5 nitrogen and oxygen atoms in total. The minimum absolute atomic E-state index is 0.683. The van der Waals surface area contributed by atoms with Crippen LogP contribution in [0, 0.1) is 5.92 Å². The molecule has 0 unspecified atom stereocenters. The molecule has 0 radical (unpaired) electrons. The van der Waals surface area contributed by atoms with Crippen LogP contribution in [-0.4, -0.2) is 16.5 Å². The summed E-state index contributed by atoms with van der Waals surface area (Å²) < 4.78 is 0. The Morgan fingerprint density at radius 3 is 2.72 bits per heavy atom. The molecule has 1 aliphatic rings. The summed E-state index contributed by atoms with van der Waals surface area (Å²) >= 11 is 0. The number of aryl methyl sites for hydroxylation is 1. The third kappa shape index (κ3) is 3.10. The van der Waals surface area contributed by atoms with Crippen LogP contribution in [0.4, 0.5) is 11.8 Å². The van der Waals surface area contributed by atoms with Crippen molar-refractivity contribution in [1.82, 2.24) is 9.97 Å². The maximum absolute atomic E-state index is 5.55. The molecule has 0 amide bonds. The molecule has 1 aromatic heterocycles. The minimum atomic E-state index is 0.683. The van der Waals surface area contributed by atoms with Gasteiger partial charge in [0.1, 0.15) is 5.82 Å². The van der Waals surface area contributed by atoms with Crippen LogP contribution in [0.5, 0.6) is 0 Å². The smallest absolute Gasteiger partial charge is 0.224 e. The molecule has 0 spiro atoms. The second kappa shape index (κ2) is 6.00. The van der Waals surface area contributed by atoms with Crippen molar-refractivity contribution in [3.63, 3.8) is 0 Å². The summed E-state index contributed by atoms with van der Waals surface area (Å²) in [7, 11) is 0. The standard InChI is InChI=1S/C13H23N5/c1-9(2)7-8-15-13-16-11-6-4-3-5-10(11)12(17-13)18-14/h9H,3-8,14H2,1-2H3,(H2,15,16,17,18). The number of anilines is 2. The van der Waals surface area contributed by atoms with Crippen molar-refractivity contribution in [2.75, 3.05) is 17.3 Å². The fourth-order valence-electron chi connectivity index (χ4n) is 2.27. The van der Waals surface area contributed by atoms with Gasteiger partial charge in [-0.3, -0.25) is 0 Å². The predicted octanol–water partition coefficient (Wildman–Crippen LogP) is 2.10. The number of rotatable bonds is 5. The van der Waals surface area contributed by atoms with Crippen LogP contribution in [0.25, 0.3) is 0 Å². The van der Waals surface area contributed by atoms with Gasteiger partial charge in [-0.15, -0.1) is 0 Å². The molecule has 0 fully saturated rings. The van der Waals surface area contributed by atoms with E-state index in [4.69, 9.17) is 5.84 Å². The topological polar surface area (TPSA) is 75.9 Å². The Morgan fingerprint density at radius 1 is 1.22 bits per heavy atom. The largest absolute Gasteiger partial charge is 0.354 e. The van der Waals surface area contributed by atoms with Gasteiger partial charge in [0, 0.05) is 12.1 Å². The number of nitrogens with zero attached hydrogens (tertiary/aromatic N) is 2. The second-order valence-corrected chi connectivity index (χ2v) is 5.28. The monoisotopic (exact) mass is 249 g/mol. The van der Waals surface area contributed by atoms with E-state index in [0.717, 1.165) is 37.3 Å². The molecular formula is C13H23N5. The zero-order valence-electron chi connectivity index (χ0n) is 11.3. The van der Waals surface area contributed by atoms with Crippen LogP contribution in [0.3, 0.4) is 0 Å². The second-order valence-electron chi connectivity index (χ2n) is 5.28. The highest BCUT2D eigenvalue weighted by Crippen LogP contribution is 2.25. The lowest BCUT2D eigenvalue weighted by molar-refractivity contribution is 0.605. The molecule has 18 heavy (non-hydrogen) atoms. The Balaban J connectivity index is 2.11. The summed E-state index contributed by atoms with van der Waals surface area (Å²) in [6, 6.07) is 0. The van der Waals surface area contributed by atoms with E-state index >= 15 is 0 Å². The van der Waals surface area contributed by atoms with Crippen LogP contribution in [0.2, 0.25) is 0 Å². The highest BCUT2D eigenvalue weighted by atomic mass is 15.3. The zero-order chi connectivity index (χ0) is 13.0. The summed E-state index contributed by atoms with van der Waals surface area (Å²) in [5.74, 6) is 7.72. The molecule has 100 valence electrons. The van der Waals surface area contributed by atoms with E-state index < -0.39 is 0 Å². The Morgan fingerprint density at radius 2 is 2.00 bits per heavy atom. The first-order valence-electron chi connectivity index (χ1n) is 6.81. The third-order valence-corrected chi connectivity index (χ3v) is 3.32. The van der Waals surface area contributed by atoms with E-state index in [-0.39, 0.29) is 0 Å². The van der Waals surface area contributed by atoms with Crippen LogP contribution in [-0.2, 0) is 12.8 Å². The lowest BCUT2D eigenvalue weighted by Crippen LogP contribution is -2.18. The van der Waals surface area contributed by atoms with E-state index in [0.29, 0.717) is 11.9 Å². The first-order valence-corrected chi connectivity index (χ1v) is 6.81. The molecule has 2 rings (SSSR count). The number of hydrogen-bond donors (Lipinski definition) is 3. The Labute approximate surface area is 109 Å². The van der Waals surface area contributed by atoms with Crippen molar-refractivity contribution >= 4 is 11.8 Å². The van der Waals surface area contributed by atoms with Gasteiger partial charge in [-0.1, -0.05) is 13.8 Å². The highest BCUT2D eigenvalue weighted by molar-refractivity contribution is 5.50. The quantitative estimate of drug-likeness (QED) is 0.550. The molecule has 1 heterocycles. The van der Waals surface area contributed by atoms with E-state index in [1.54, 1.807) is 0 Å². The number of nitrogen functional groups attached to an aromatic ring is 1. The summed E-state index contributed by atoms with van der Waals surface area (Å²) in [5, 5.41) is 3.28. The maximum Gasteiger partial charge on any atom is 0.224 e. The summed E-state index contributed by atoms with van der Waals surface area (Å²) in [6.07, 6.45) is 5.59. The first-order chi connectivity index (χ1) is 8.70. The lowest BCUT2D eigenvalue weighted by Gasteiger charge is -2.19. The zero-order valence-corrected chi connectivity index (χ0v) is 11.3. The maximum atomic E-state index is 5.55. The number of aromatic nitrogens is 2. The van der Waals surface area contributed by atoms with Gasteiger partial charge in [0.2, 0.25) is 5.95 Å². The van der Waals surface area contributed by atoms with Gasteiger partial charge in [-0.25, -0.2) is 10.8 Å². The van der Waals surface area contributed by atoms with Crippen LogP contribution in [0.1, 0.15) is 44.4 Å². The van der Waals surface area contributed by atoms with E-state index in [1.165, 1.54) is 18.4 Å². The highest BCUT2D eigenvalue weighted by Gasteiger charge is 2.17. The normalized spacial score (nSPS) is 14.4. The van der Waals surface area contributed by atoms with Crippen molar-refractivity contribution in [2.45, 2.75) is 46.0 Å². The van der Waals surface area contributed by atoms with Gasteiger partial charge in [-0.2, -0.15) is 4.98 Å². The number of hydrogen-bond acceptors (Lipinski definition) is 5. The van der Waals surface area contributed by atoms with Crippen molar-refractivity contribution < 1.29 is 0 Å². The summed E-state index contributed by atoms with van der Waals surface area (Å²) in [5.41, 5.74) is 5.05. The van der Waals surface area contributed by atoms with Gasteiger partial charge in [-0.05, 0) is 38.0 Å². The Hall–Kier alpha value is -1.36. The van der Waals surface area contributed by atoms with Crippen LogP contribution >= 0.6 is 0 Å². The molecule has 0 aromatic carbocycles. The molecule has 0 saturated carbocycles. The molecule has 5 heteroatoms. The molecular weight excluding hydrogens is 226 g/mol. The number of nitrogens with one attached hydrogen (secondary N) is 2. The molecule has 4 N–H and O–H groups in total. The fourth-order valence-corrected chi connectivity index (χ4v) is 2.27. The van der Waals surface area contributed by atoms with E-state index in [2.05, 4.69) is 34.6 Å². The fraction of sp³-hybridized carbons (Fsp3) is 0.692. The van der Waals surface area contributed by atoms with Crippen LogP contribution in [0.15, 0.2) is 0 Å². The van der Waals surface area contributed by atoms with Gasteiger partial charge in [0.05, 0.1) is 5.69 Å². The summed E-state index contributed by atoms with van der Waals surface area (Å²) in [4.78, 5) is 9.04. The van der Waals surface area contributed by atoms with Crippen molar-refractivity contribution in [2.24, 2.45) is 11.8 Å². The molecule has 0 aliphatic heterocycles. The number of nitrogens with two attached hydrogens (primary N) is 1. The predicted molar refractivity (Wildman–Crippen MR) is 74.4 cm³/mol. The number of fused-ring (bicyclic) bond motifs is 1. The van der Waals surface area contributed by atoms with Crippen LogP contribution < -0.4 is 16.6 Å². The Kier molecular flexibility index (Phi) is 4.36. The van der Waals surface area contributed by atoms with Crippen molar-refractivity contribution in [1.29, 1.82) is 0 Å². The van der Waals surface area contributed by atoms with Gasteiger partial charge in [0.25, 0.3) is 0 Å². The van der Waals surface area contributed by atoms with Gasteiger partial charge >= 0.3 is 0 Å².